The number of carbonyl (C=O) groups is 11. The number of nitrogens with zero attached hydrogens (tertiary/aromatic N) is 2. The largest absolute Gasteiger partial charge is 0.433 e. The highest BCUT2D eigenvalue weighted by atomic mass is 79.9. The number of benzene rings is 9. The topological polar surface area (TPSA) is 307 Å². The number of morpholine rings is 1. The second kappa shape index (κ2) is 35.2. The zero-order chi connectivity index (χ0) is 80.1. The predicted molar refractivity (Wildman–Crippen MR) is 418 cm³/mol. The minimum Gasteiger partial charge on any atom is -0.433 e. The van der Waals surface area contributed by atoms with Crippen molar-refractivity contribution in [1.29, 1.82) is 0 Å². The van der Waals surface area contributed by atoms with Crippen LogP contribution in [0.2, 0.25) is 0 Å². The maximum absolute atomic E-state index is 13.4. The van der Waals surface area contributed by atoms with Crippen LogP contribution in [0.4, 0.5) is 8.78 Å². The summed E-state index contributed by atoms with van der Waals surface area (Å²) in [6.07, 6.45) is 1.19. The number of hydrogen-bond acceptors (Lipinski definition) is 18. The van der Waals surface area contributed by atoms with Crippen LogP contribution in [0.25, 0.3) is 5.57 Å². The van der Waals surface area contributed by atoms with E-state index in [4.69, 9.17) is 4.74 Å². The molecule has 6 aliphatic rings. The van der Waals surface area contributed by atoms with E-state index in [1.807, 2.05) is 15.9 Å². The summed E-state index contributed by atoms with van der Waals surface area (Å²) < 4.78 is 65.2. The maximum atomic E-state index is 13.4. The minimum atomic E-state index is -4.23. The van der Waals surface area contributed by atoms with Crippen molar-refractivity contribution in [3.63, 3.8) is 0 Å². The zero-order valence-electron chi connectivity index (χ0n) is 60.4. The van der Waals surface area contributed by atoms with Crippen molar-refractivity contribution in [3.05, 3.63) is 360 Å². The van der Waals surface area contributed by atoms with Gasteiger partial charge in [-0.25, -0.2) is 8.42 Å². The quantitative estimate of drug-likeness (QED) is 0.0529. The van der Waals surface area contributed by atoms with E-state index in [0.29, 0.717) is 108 Å². The van der Waals surface area contributed by atoms with Crippen LogP contribution in [-0.4, -0.2) is 134 Å². The highest BCUT2D eigenvalue weighted by Crippen LogP contribution is 2.36. The van der Waals surface area contributed by atoms with Crippen molar-refractivity contribution in [2.75, 3.05) is 45.9 Å². The van der Waals surface area contributed by atoms with Crippen LogP contribution < -0.4 is 30.7 Å². The summed E-state index contributed by atoms with van der Waals surface area (Å²) in [5, 5.41) is 10.9. The first-order chi connectivity index (χ1) is 54.4. The fourth-order valence-electron chi connectivity index (χ4n) is 13.1. The van der Waals surface area contributed by atoms with Gasteiger partial charge < -0.3 is 40.5 Å². The molecule has 2 heterocycles. The van der Waals surface area contributed by atoms with Crippen LogP contribution in [0, 0.1) is 0 Å². The third-order valence-corrected chi connectivity index (χ3v) is 20.4. The summed E-state index contributed by atoms with van der Waals surface area (Å²) in [5.41, 5.74) is 3.70. The number of amides is 3. The van der Waals surface area contributed by atoms with Crippen molar-refractivity contribution in [3.8, 4) is 5.75 Å². The molecule has 9 aromatic rings. The summed E-state index contributed by atoms with van der Waals surface area (Å²) in [5.74, 6) is -4.54. The molecule has 15 rings (SSSR count). The van der Waals surface area contributed by atoms with Gasteiger partial charge in [-0.05, 0) is 97.6 Å². The van der Waals surface area contributed by atoms with Gasteiger partial charge in [-0.15, -0.1) is 6.58 Å². The SMILES string of the molecule is C=CCNC1=C(NC(=O)c2ccccc2)C(=O)c2ccccc2C1=O.CC(F)(F)Oc1ccc(C2=C(NS(=O)(=O)c3ccc(Br)cc3)C(=O)c3ccccc3C2=O)cc1.O=C(NC1=C(N2CCCCC2)C(=O)c2ccccc2C1=O)c1ccccc1.O=C(NC1=C(N2CCOCC2)C(=O)c2ccccc2C1=O)c1ccccc1. The Bertz CT molecular complexity index is 5420. The molecule has 4 aliphatic carbocycles. The first-order valence-corrected chi connectivity index (χ1v) is 37.9. The van der Waals surface area contributed by atoms with Crippen molar-refractivity contribution >= 4 is 95.5 Å². The Kier molecular flexibility index (Phi) is 24.7. The Morgan fingerprint density at radius 2 is 0.788 bits per heavy atom. The molecule has 0 unspecified atom stereocenters. The summed E-state index contributed by atoms with van der Waals surface area (Å²) >= 11 is 3.23. The average molecular weight is 1600 g/mol. The summed E-state index contributed by atoms with van der Waals surface area (Å²) in [6, 6.07) is 62.7. The van der Waals surface area contributed by atoms with Gasteiger partial charge >= 0.3 is 6.11 Å². The second-order valence-corrected chi connectivity index (χ2v) is 28.6. The molecule has 113 heavy (non-hydrogen) atoms. The van der Waals surface area contributed by atoms with E-state index in [1.165, 1.54) is 60.7 Å². The van der Waals surface area contributed by atoms with Gasteiger partial charge in [-0.2, -0.15) is 8.78 Å². The molecular formula is C87H70BrF2N7O15S. The Hall–Kier alpha value is -13.3. The molecule has 2 fully saturated rings. The number of Topliss-reactive ketones (excluding diaryl/α,β-unsaturated/α-hetero) is 8. The molecule has 0 atom stereocenters. The number of rotatable bonds is 17. The minimum absolute atomic E-state index is 0.0365. The monoisotopic (exact) mass is 1600 g/mol. The van der Waals surface area contributed by atoms with Crippen molar-refractivity contribution in [1.82, 2.24) is 35.8 Å². The van der Waals surface area contributed by atoms with E-state index in [2.05, 4.69) is 53.2 Å². The van der Waals surface area contributed by atoms with Gasteiger partial charge in [0, 0.05) is 105 Å². The summed E-state index contributed by atoms with van der Waals surface area (Å²) in [4.78, 5) is 146. The highest BCUT2D eigenvalue weighted by Gasteiger charge is 2.41. The van der Waals surface area contributed by atoms with Crippen LogP contribution >= 0.6 is 15.9 Å². The van der Waals surface area contributed by atoms with Gasteiger partial charge in [-0.3, -0.25) is 57.5 Å². The van der Waals surface area contributed by atoms with E-state index in [1.54, 1.807) is 176 Å². The van der Waals surface area contributed by atoms with Crippen molar-refractivity contribution < 1.29 is 79.4 Å². The maximum Gasteiger partial charge on any atom is 0.394 e. The number of sulfonamides is 1. The fourth-order valence-corrected chi connectivity index (χ4v) is 14.4. The first kappa shape index (κ1) is 79.3. The molecule has 0 aromatic heterocycles. The van der Waals surface area contributed by atoms with Crippen LogP contribution in [0.1, 0.15) is 146 Å². The normalized spacial score (nSPS) is 15.3. The molecule has 2 aliphatic heterocycles. The lowest BCUT2D eigenvalue weighted by atomic mass is 9.84. The van der Waals surface area contributed by atoms with E-state index in [9.17, 15) is 69.9 Å². The second-order valence-electron chi connectivity index (χ2n) is 26.0. The number of nitrogens with one attached hydrogen (secondary N) is 5. The number of halogens is 3. The molecule has 570 valence electrons. The average Bonchev–Trinajstić information content (AvgIpc) is 0.786. The Balaban J connectivity index is 0.000000140. The number of ketones is 8. The Labute approximate surface area is 656 Å². The van der Waals surface area contributed by atoms with Crippen molar-refractivity contribution in [2.45, 2.75) is 37.2 Å². The smallest absolute Gasteiger partial charge is 0.394 e. The van der Waals surface area contributed by atoms with Gasteiger partial charge in [0.15, 0.2) is 5.78 Å². The van der Waals surface area contributed by atoms with E-state index in [0.717, 1.165) is 19.3 Å². The zero-order valence-corrected chi connectivity index (χ0v) is 62.8. The molecule has 0 spiro atoms. The number of piperidine rings is 1. The van der Waals surface area contributed by atoms with Gasteiger partial charge in [0.1, 0.15) is 45.6 Å². The number of alkyl halides is 2. The molecule has 2 saturated heterocycles. The lowest BCUT2D eigenvalue weighted by Gasteiger charge is -2.34. The van der Waals surface area contributed by atoms with Crippen molar-refractivity contribution in [2.24, 2.45) is 0 Å². The summed E-state index contributed by atoms with van der Waals surface area (Å²) in [7, 11) is -4.23. The molecular weight excluding hydrogens is 1530 g/mol. The highest BCUT2D eigenvalue weighted by molar-refractivity contribution is 9.10. The third-order valence-electron chi connectivity index (χ3n) is 18.5. The third kappa shape index (κ3) is 18.0. The van der Waals surface area contributed by atoms with E-state index >= 15 is 0 Å². The van der Waals surface area contributed by atoms with Gasteiger partial charge in [0.05, 0.1) is 23.7 Å². The molecule has 3 amide bonds. The summed E-state index contributed by atoms with van der Waals surface area (Å²) in [6.45, 7) is 7.80. The Morgan fingerprint density at radius 3 is 1.19 bits per heavy atom. The molecule has 0 saturated carbocycles. The van der Waals surface area contributed by atoms with Gasteiger partial charge in [0.25, 0.3) is 27.7 Å². The lowest BCUT2D eigenvalue weighted by Crippen LogP contribution is -2.44. The lowest BCUT2D eigenvalue weighted by molar-refractivity contribution is -0.159. The van der Waals surface area contributed by atoms with E-state index < -0.39 is 51.0 Å². The van der Waals surface area contributed by atoms with Gasteiger partial charge in [-0.1, -0.05) is 186 Å². The molecule has 26 heteroatoms. The predicted octanol–water partition coefficient (Wildman–Crippen LogP) is 12.9. The molecule has 0 radical (unpaired) electrons. The van der Waals surface area contributed by atoms with E-state index in [-0.39, 0.29) is 102 Å². The molecule has 9 aromatic carbocycles. The molecule has 5 N–H and O–H groups in total. The number of ether oxygens (including phenoxy) is 2. The number of likely N-dealkylation sites (tertiary alicyclic amines) is 1. The molecule has 22 nitrogen and oxygen atoms in total. The number of fused-ring (bicyclic) bond motifs is 4. The number of hydrogen-bond donors (Lipinski definition) is 5. The van der Waals surface area contributed by atoms with Crippen LogP contribution in [0.15, 0.2) is 298 Å². The van der Waals surface area contributed by atoms with Gasteiger partial charge in [0.2, 0.25) is 40.5 Å². The number of carbonyl (C=O) groups excluding carboxylic acids is 11. The first-order valence-electron chi connectivity index (χ1n) is 35.6. The Morgan fingerprint density at radius 1 is 0.442 bits per heavy atom. The van der Waals surface area contributed by atoms with Crippen LogP contribution in [0.5, 0.6) is 5.75 Å². The standard InChI is InChI=1S/C24H16BrF2NO5S.C22H20N2O3.C21H18N2O4.C20H16N2O3/c1-24(26,27)33-16-10-6-14(7-11-16)20-21(23(30)19-5-3-2-4-18(19)22(20)29)28-34(31,32)17-12-8-15(25)9-13-17;25-20-16-11-5-6-12-17(16)21(26)19(24-13-7-2-8-14-24)18(20)23-22(27)15-9-3-1-4-10-15;24-19-15-8-4-5-9-16(15)20(25)18(23-10-12-27-13-11-23)17(19)22-21(26)14-6-2-1-3-7-14;1-2-12-21-16-17(22-20(25)13-8-4-3-5-9-13)19(24)15-11-7-6-10-14(15)18(16)23/h2-13,28H,1H3;1,3-6,9-12H,2,7-8,13-14H2,(H,23,27);1-9H,10-13H2,(H,22,26);2-11,21H,1,12H2,(H,22,25). The molecule has 0 bridgehead atoms. The van der Waals surface area contributed by atoms with Crippen LogP contribution in [0.3, 0.4) is 0 Å². The fraction of sp³-hybridized carbons (Fsp3) is 0.138. The van der Waals surface area contributed by atoms with Crippen LogP contribution in [-0.2, 0) is 14.8 Å². The number of allylic oxidation sites excluding steroid dienone is 8.